The van der Waals surface area contributed by atoms with Gasteiger partial charge in [0.2, 0.25) is 0 Å². The van der Waals surface area contributed by atoms with Crippen LogP contribution in [0.3, 0.4) is 0 Å². The molecule has 1 aromatic carbocycles. The average molecular weight is 188 g/mol. The molecule has 0 saturated heterocycles. The summed E-state index contributed by atoms with van der Waals surface area (Å²) < 4.78 is 0. The number of hydrogen-bond acceptors (Lipinski definition) is 3. The van der Waals surface area contributed by atoms with E-state index in [0.29, 0.717) is 6.17 Å². The van der Waals surface area contributed by atoms with Gasteiger partial charge in [-0.2, -0.15) is 0 Å². The van der Waals surface area contributed by atoms with E-state index in [1.807, 2.05) is 6.92 Å². The number of aromatic nitrogens is 2. The van der Waals surface area contributed by atoms with Gasteiger partial charge in [0.25, 0.3) is 0 Å². The van der Waals surface area contributed by atoms with Crippen molar-refractivity contribution in [1.29, 1.82) is 0 Å². The zero-order chi connectivity index (χ0) is 9.71. The van der Waals surface area contributed by atoms with E-state index in [-0.39, 0.29) is 0 Å². The lowest BCUT2D eigenvalue weighted by molar-refractivity contribution is 0.956. The molecule has 2 heterocycles. The smallest absolute Gasteiger partial charge is 0.104 e. The first kappa shape index (κ1) is 7.67. The summed E-state index contributed by atoms with van der Waals surface area (Å²) in [5.41, 5.74) is 4.39. The summed E-state index contributed by atoms with van der Waals surface area (Å²) in [6.45, 7) is 4.06. The van der Waals surface area contributed by atoms with Crippen molar-refractivity contribution in [3.63, 3.8) is 0 Å². The lowest BCUT2D eigenvalue weighted by atomic mass is 10.2. The monoisotopic (exact) mass is 188 g/mol. The summed E-state index contributed by atoms with van der Waals surface area (Å²) in [6.07, 6.45) is 0.303. The number of rotatable bonds is 0. The second-order valence-corrected chi connectivity index (χ2v) is 3.75. The SMILES string of the molecule is Cc1nc2cc3c(cc2[nH]1)NC(C)N3. The molecule has 4 heteroatoms. The maximum atomic E-state index is 4.39. The normalized spacial score (nSPS) is 15.3. The first-order chi connectivity index (χ1) is 6.72. The Labute approximate surface area is 81.7 Å². The van der Waals surface area contributed by atoms with E-state index in [1.165, 1.54) is 0 Å². The average Bonchev–Trinajstić information content (AvgIpc) is 2.59. The fourth-order valence-corrected chi connectivity index (χ4v) is 1.93. The van der Waals surface area contributed by atoms with E-state index < -0.39 is 0 Å². The number of anilines is 2. The van der Waals surface area contributed by atoms with Crippen LogP contribution >= 0.6 is 0 Å². The molecule has 2 aromatic rings. The summed E-state index contributed by atoms with van der Waals surface area (Å²) in [4.78, 5) is 7.62. The van der Waals surface area contributed by atoms with Crippen LogP contribution < -0.4 is 10.6 Å². The predicted octanol–water partition coefficient (Wildman–Crippen LogP) is 2.05. The summed E-state index contributed by atoms with van der Waals surface area (Å²) >= 11 is 0. The highest BCUT2D eigenvalue weighted by atomic mass is 15.2. The number of H-pyrrole nitrogens is 1. The molecule has 14 heavy (non-hydrogen) atoms. The van der Waals surface area contributed by atoms with Crippen LogP contribution in [-0.4, -0.2) is 16.1 Å². The third kappa shape index (κ3) is 0.968. The number of aromatic amines is 1. The molecule has 1 unspecified atom stereocenters. The fourth-order valence-electron chi connectivity index (χ4n) is 1.93. The van der Waals surface area contributed by atoms with E-state index in [4.69, 9.17) is 0 Å². The fraction of sp³-hybridized carbons (Fsp3) is 0.300. The van der Waals surface area contributed by atoms with Crippen molar-refractivity contribution in [2.24, 2.45) is 0 Å². The van der Waals surface area contributed by atoms with Gasteiger partial charge in [0.15, 0.2) is 0 Å². The van der Waals surface area contributed by atoms with Crippen LogP contribution in [0.5, 0.6) is 0 Å². The van der Waals surface area contributed by atoms with Gasteiger partial charge >= 0.3 is 0 Å². The van der Waals surface area contributed by atoms with Gasteiger partial charge in [-0.1, -0.05) is 0 Å². The molecule has 0 radical (unpaired) electrons. The molecular formula is C10H12N4. The molecule has 0 fully saturated rings. The number of hydrogen-bond donors (Lipinski definition) is 3. The number of imidazole rings is 1. The van der Waals surface area contributed by atoms with Crippen LogP contribution in [0.15, 0.2) is 12.1 Å². The molecule has 0 amide bonds. The van der Waals surface area contributed by atoms with Crippen LogP contribution in [0.25, 0.3) is 11.0 Å². The predicted molar refractivity (Wildman–Crippen MR) is 57.5 cm³/mol. The third-order valence-corrected chi connectivity index (χ3v) is 2.48. The highest BCUT2D eigenvalue weighted by Gasteiger charge is 2.16. The molecular weight excluding hydrogens is 176 g/mol. The molecule has 0 aliphatic carbocycles. The number of benzene rings is 1. The van der Waals surface area contributed by atoms with E-state index in [0.717, 1.165) is 28.2 Å². The Morgan fingerprint density at radius 1 is 1.21 bits per heavy atom. The molecule has 3 N–H and O–H groups in total. The first-order valence-electron chi connectivity index (χ1n) is 4.76. The van der Waals surface area contributed by atoms with Gasteiger partial charge in [-0.15, -0.1) is 0 Å². The minimum Gasteiger partial charge on any atom is -0.364 e. The van der Waals surface area contributed by atoms with Gasteiger partial charge < -0.3 is 15.6 Å². The zero-order valence-electron chi connectivity index (χ0n) is 8.18. The summed E-state index contributed by atoms with van der Waals surface area (Å²) in [5, 5.41) is 6.67. The van der Waals surface area contributed by atoms with Crippen LogP contribution in [0.2, 0.25) is 0 Å². The van der Waals surface area contributed by atoms with Gasteiger partial charge in [0, 0.05) is 0 Å². The Morgan fingerprint density at radius 3 is 2.71 bits per heavy atom. The van der Waals surface area contributed by atoms with Crippen molar-refractivity contribution in [2.45, 2.75) is 20.0 Å². The Kier molecular flexibility index (Phi) is 1.32. The van der Waals surface area contributed by atoms with Crippen molar-refractivity contribution in [3.05, 3.63) is 18.0 Å². The van der Waals surface area contributed by atoms with Crippen LogP contribution in [0, 0.1) is 6.92 Å². The lowest BCUT2D eigenvalue weighted by Crippen LogP contribution is -2.16. The molecule has 72 valence electrons. The molecule has 0 saturated carbocycles. The van der Waals surface area contributed by atoms with Gasteiger partial charge in [-0.25, -0.2) is 4.98 Å². The maximum absolute atomic E-state index is 4.39. The molecule has 4 nitrogen and oxygen atoms in total. The Hall–Kier alpha value is -1.71. The van der Waals surface area contributed by atoms with Gasteiger partial charge in [0.05, 0.1) is 28.6 Å². The number of aryl methyl sites for hydroxylation is 1. The number of fused-ring (bicyclic) bond motifs is 2. The summed E-state index contributed by atoms with van der Waals surface area (Å²) in [6, 6.07) is 4.17. The molecule has 3 rings (SSSR count). The molecule has 1 atom stereocenters. The number of nitrogens with one attached hydrogen (secondary N) is 3. The summed E-state index contributed by atoms with van der Waals surface area (Å²) in [5.74, 6) is 0.955. The minimum absolute atomic E-state index is 0.303. The summed E-state index contributed by atoms with van der Waals surface area (Å²) in [7, 11) is 0. The highest BCUT2D eigenvalue weighted by Crippen LogP contribution is 2.32. The standard InChI is InChI=1S/C10H12N4/c1-5-11-7-3-9-10(4-8(7)12-5)14-6(2)13-9/h3-5,11-12H,1-2H3,(H,13,14). The second kappa shape index (κ2) is 2.41. The van der Waals surface area contributed by atoms with Crippen molar-refractivity contribution >= 4 is 22.4 Å². The molecule has 0 bridgehead atoms. The van der Waals surface area contributed by atoms with E-state index >= 15 is 0 Å². The van der Waals surface area contributed by atoms with Gasteiger partial charge in [-0.3, -0.25) is 0 Å². The molecule has 1 aromatic heterocycles. The Morgan fingerprint density at radius 2 is 1.93 bits per heavy atom. The minimum atomic E-state index is 0.303. The van der Waals surface area contributed by atoms with Crippen LogP contribution in [0.4, 0.5) is 11.4 Å². The Bertz CT molecular complexity index is 457. The molecule has 1 aliphatic rings. The lowest BCUT2D eigenvalue weighted by Gasteiger charge is -2.01. The maximum Gasteiger partial charge on any atom is 0.104 e. The first-order valence-corrected chi connectivity index (χ1v) is 4.76. The number of nitrogens with zero attached hydrogens (tertiary/aromatic N) is 1. The van der Waals surface area contributed by atoms with E-state index in [2.05, 4.69) is 39.7 Å². The van der Waals surface area contributed by atoms with Crippen molar-refractivity contribution in [2.75, 3.05) is 10.6 Å². The second-order valence-electron chi connectivity index (χ2n) is 3.75. The largest absolute Gasteiger partial charge is 0.364 e. The van der Waals surface area contributed by atoms with Crippen molar-refractivity contribution < 1.29 is 0 Å². The Balaban J connectivity index is 2.25. The van der Waals surface area contributed by atoms with Crippen molar-refractivity contribution in [3.8, 4) is 0 Å². The third-order valence-electron chi connectivity index (χ3n) is 2.48. The topological polar surface area (TPSA) is 52.7 Å². The van der Waals surface area contributed by atoms with Crippen LogP contribution in [-0.2, 0) is 0 Å². The van der Waals surface area contributed by atoms with E-state index in [9.17, 15) is 0 Å². The van der Waals surface area contributed by atoms with Crippen molar-refractivity contribution in [1.82, 2.24) is 9.97 Å². The van der Waals surface area contributed by atoms with Gasteiger partial charge in [-0.05, 0) is 26.0 Å². The zero-order valence-corrected chi connectivity index (χ0v) is 8.18. The highest BCUT2D eigenvalue weighted by molar-refractivity contribution is 5.89. The van der Waals surface area contributed by atoms with Gasteiger partial charge in [0.1, 0.15) is 5.82 Å². The van der Waals surface area contributed by atoms with Crippen LogP contribution in [0.1, 0.15) is 12.7 Å². The quantitative estimate of drug-likeness (QED) is 0.593. The van der Waals surface area contributed by atoms with E-state index in [1.54, 1.807) is 0 Å². The molecule has 0 spiro atoms. The molecule has 1 aliphatic heterocycles.